The van der Waals surface area contributed by atoms with Gasteiger partial charge in [-0.15, -0.1) is 0 Å². The maximum Gasteiger partial charge on any atom is 0.235 e. The van der Waals surface area contributed by atoms with Crippen LogP contribution < -0.4 is 0 Å². The maximum absolute atomic E-state index is 11.0. The van der Waals surface area contributed by atoms with E-state index in [0.29, 0.717) is 12.8 Å². The zero-order valence-electron chi connectivity index (χ0n) is 7.87. The second-order valence-corrected chi connectivity index (χ2v) is 6.42. The Labute approximate surface area is 84.5 Å². The quantitative estimate of drug-likeness (QED) is 0.682. The number of hydrogen-bond donors (Lipinski definition) is 0. The Balaban J connectivity index is 2.39. The first-order valence-corrected chi connectivity index (χ1v) is 7.07. The van der Waals surface area contributed by atoms with E-state index >= 15 is 0 Å². The molecule has 1 fully saturated rings. The molecular weight excluding hydrogens is 210 g/mol. The standard InChI is InChI=1S/C8H16ClNO2S/c1-2-5-10-6-3-8(4-7-10)13(9,11)12/h8H,2-7H2,1H3. The van der Waals surface area contributed by atoms with Crippen molar-refractivity contribution >= 4 is 19.7 Å². The van der Waals surface area contributed by atoms with Crippen LogP contribution in [0.4, 0.5) is 0 Å². The Hall–Kier alpha value is 0.200. The van der Waals surface area contributed by atoms with Crippen molar-refractivity contribution in [2.45, 2.75) is 31.4 Å². The molecule has 5 heteroatoms. The summed E-state index contributed by atoms with van der Waals surface area (Å²) in [5, 5.41) is -0.317. The number of likely N-dealkylation sites (tertiary alicyclic amines) is 1. The highest BCUT2D eigenvalue weighted by Gasteiger charge is 2.27. The molecule has 0 aliphatic carbocycles. The molecule has 0 spiro atoms. The fourth-order valence-corrected chi connectivity index (χ4v) is 3.04. The number of halogens is 1. The molecule has 0 saturated carbocycles. The first kappa shape index (κ1) is 11.3. The van der Waals surface area contributed by atoms with Crippen LogP contribution in [0.5, 0.6) is 0 Å². The second kappa shape index (κ2) is 4.62. The first-order valence-electron chi connectivity index (χ1n) is 4.70. The van der Waals surface area contributed by atoms with Crippen LogP contribution in [0.2, 0.25) is 0 Å². The summed E-state index contributed by atoms with van der Waals surface area (Å²) in [5.41, 5.74) is 0. The van der Waals surface area contributed by atoms with Crippen molar-refractivity contribution in [3.63, 3.8) is 0 Å². The van der Waals surface area contributed by atoms with Crippen LogP contribution in [0.1, 0.15) is 26.2 Å². The zero-order valence-corrected chi connectivity index (χ0v) is 9.44. The summed E-state index contributed by atoms with van der Waals surface area (Å²) < 4.78 is 22.0. The van der Waals surface area contributed by atoms with Crippen molar-refractivity contribution in [2.24, 2.45) is 0 Å². The van der Waals surface area contributed by atoms with E-state index in [2.05, 4.69) is 11.8 Å². The highest BCUT2D eigenvalue weighted by Crippen LogP contribution is 2.20. The topological polar surface area (TPSA) is 37.4 Å². The summed E-state index contributed by atoms with van der Waals surface area (Å²) in [7, 11) is 1.97. The van der Waals surface area contributed by atoms with E-state index in [1.54, 1.807) is 0 Å². The van der Waals surface area contributed by atoms with E-state index in [1.165, 1.54) is 0 Å². The van der Waals surface area contributed by atoms with Gasteiger partial charge in [0.25, 0.3) is 0 Å². The van der Waals surface area contributed by atoms with Gasteiger partial charge in [-0.1, -0.05) is 6.92 Å². The van der Waals surface area contributed by atoms with Crippen LogP contribution in [0, 0.1) is 0 Å². The summed E-state index contributed by atoms with van der Waals surface area (Å²) in [5.74, 6) is 0. The molecule has 0 N–H and O–H groups in total. The van der Waals surface area contributed by atoms with Gasteiger partial charge in [0.15, 0.2) is 0 Å². The third-order valence-corrected chi connectivity index (χ3v) is 4.50. The van der Waals surface area contributed by atoms with Gasteiger partial charge in [-0.25, -0.2) is 8.42 Å². The minimum Gasteiger partial charge on any atom is -0.303 e. The third kappa shape index (κ3) is 3.44. The first-order chi connectivity index (χ1) is 6.04. The lowest BCUT2D eigenvalue weighted by molar-refractivity contribution is 0.231. The minimum atomic E-state index is -3.32. The van der Waals surface area contributed by atoms with E-state index in [1.807, 2.05) is 0 Å². The summed E-state index contributed by atoms with van der Waals surface area (Å²) in [6.45, 7) is 4.92. The fraction of sp³-hybridized carbons (Fsp3) is 1.00. The highest BCUT2D eigenvalue weighted by molar-refractivity contribution is 8.14. The third-order valence-electron chi connectivity index (χ3n) is 2.47. The molecule has 1 saturated heterocycles. The minimum absolute atomic E-state index is 0.317. The number of hydrogen-bond acceptors (Lipinski definition) is 3. The Bertz CT molecular complexity index is 245. The molecule has 1 aliphatic heterocycles. The Morgan fingerprint density at radius 3 is 2.31 bits per heavy atom. The van der Waals surface area contributed by atoms with Gasteiger partial charge in [0.2, 0.25) is 9.05 Å². The molecule has 3 nitrogen and oxygen atoms in total. The molecule has 0 aromatic rings. The van der Waals surface area contributed by atoms with Crippen molar-refractivity contribution in [3.05, 3.63) is 0 Å². The molecule has 78 valence electrons. The van der Waals surface area contributed by atoms with Gasteiger partial charge in [-0.2, -0.15) is 0 Å². The SMILES string of the molecule is CCCN1CCC(S(=O)(=O)Cl)CC1. The van der Waals surface area contributed by atoms with Crippen LogP contribution in [0.3, 0.4) is 0 Å². The van der Waals surface area contributed by atoms with E-state index in [4.69, 9.17) is 10.7 Å². The Morgan fingerprint density at radius 1 is 1.38 bits per heavy atom. The van der Waals surface area contributed by atoms with E-state index < -0.39 is 9.05 Å². The summed E-state index contributed by atoms with van der Waals surface area (Å²) >= 11 is 0. The lowest BCUT2D eigenvalue weighted by Crippen LogP contribution is -2.38. The molecule has 0 unspecified atom stereocenters. The van der Waals surface area contributed by atoms with Crippen LogP contribution in [-0.2, 0) is 9.05 Å². The van der Waals surface area contributed by atoms with E-state index in [0.717, 1.165) is 26.1 Å². The number of nitrogens with zero attached hydrogens (tertiary/aromatic N) is 1. The van der Waals surface area contributed by atoms with Crippen LogP contribution in [0.15, 0.2) is 0 Å². The van der Waals surface area contributed by atoms with Gasteiger partial charge in [0, 0.05) is 10.7 Å². The summed E-state index contributed by atoms with van der Waals surface area (Å²) in [6.07, 6.45) is 2.50. The normalized spacial score (nSPS) is 22.0. The smallest absolute Gasteiger partial charge is 0.235 e. The molecule has 0 radical (unpaired) electrons. The van der Waals surface area contributed by atoms with E-state index in [9.17, 15) is 8.42 Å². The average Bonchev–Trinajstić information content (AvgIpc) is 2.04. The summed E-state index contributed by atoms with van der Waals surface area (Å²) in [6, 6.07) is 0. The molecule has 0 atom stereocenters. The number of piperidine rings is 1. The van der Waals surface area contributed by atoms with Crippen molar-refractivity contribution in [3.8, 4) is 0 Å². The molecule has 1 rings (SSSR count). The summed E-state index contributed by atoms with van der Waals surface area (Å²) in [4.78, 5) is 2.29. The van der Waals surface area contributed by atoms with Gasteiger partial charge < -0.3 is 4.90 Å². The lowest BCUT2D eigenvalue weighted by Gasteiger charge is -2.29. The molecule has 0 bridgehead atoms. The highest BCUT2D eigenvalue weighted by atomic mass is 35.7. The van der Waals surface area contributed by atoms with Gasteiger partial charge in [-0.3, -0.25) is 0 Å². The predicted molar refractivity (Wildman–Crippen MR) is 54.5 cm³/mol. The lowest BCUT2D eigenvalue weighted by atomic mass is 10.1. The second-order valence-electron chi connectivity index (χ2n) is 3.52. The molecule has 13 heavy (non-hydrogen) atoms. The Kier molecular flexibility index (Phi) is 4.01. The predicted octanol–water partition coefficient (Wildman–Crippen LogP) is 1.43. The fourth-order valence-electron chi connectivity index (χ4n) is 1.73. The molecular formula is C8H16ClNO2S. The van der Waals surface area contributed by atoms with Crippen molar-refractivity contribution in [2.75, 3.05) is 19.6 Å². The maximum atomic E-state index is 11.0. The van der Waals surface area contributed by atoms with Gasteiger partial charge in [0.1, 0.15) is 0 Å². The Morgan fingerprint density at radius 2 is 1.92 bits per heavy atom. The van der Waals surface area contributed by atoms with Crippen LogP contribution in [-0.4, -0.2) is 38.2 Å². The van der Waals surface area contributed by atoms with Crippen LogP contribution in [0.25, 0.3) is 0 Å². The zero-order chi connectivity index (χ0) is 9.90. The molecule has 1 aliphatic rings. The van der Waals surface area contributed by atoms with E-state index in [-0.39, 0.29) is 5.25 Å². The van der Waals surface area contributed by atoms with Gasteiger partial charge >= 0.3 is 0 Å². The van der Waals surface area contributed by atoms with Gasteiger partial charge in [-0.05, 0) is 38.9 Å². The van der Waals surface area contributed by atoms with Crippen molar-refractivity contribution in [1.29, 1.82) is 0 Å². The number of rotatable bonds is 3. The molecule has 0 amide bonds. The van der Waals surface area contributed by atoms with Crippen LogP contribution >= 0.6 is 10.7 Å². The van der Waals surface area contributed by atoms with Gasteiger partial charge in [0.05, 0.1) is 5.25 Å². The monoisotopic (exact) mass is 225 g/mol. The largest absolute Gasteiger partial charge is 0.303 e. The molecule has 0 aromatic heterocycles. The molecule has 0 aromatic carbocycles. The van der Waals surface area contributed by atoms with Crippen molar-refractivity contribution in [1.82, 2.24) is 4.90 Å². The molecule has 1 heterocycles. The average molecular weight is 226 g/mol. The van der Waals surface area contributed by atoms with Crippen molar-refractivity contribution < 1.29 is 8.42 Å².